The van der Waals surface area contributed by atoms with Crippen LogP contribution in [-0.4, -0.2) is 15.0 Å². The highest BCUT2D eigenvalue weighted by Gasteiger charge is 2.09. The zero-order valence-electron chi connectivity index (χ0n) is 13.4. The first-order valence-electron chi connectivity index (χ1n) is 7.95. The van der Waals surface area contributed by atoms with E-state index in [1.165, 1.54) is 6.07 Å². The molecule has 0 radical (unpaired) electrons. The Labute approximate surface area is 144 Å². The molecule has 1 N–H and O–H groups in total. The Bertz CT molecular complexity index is 1020. The van der Waals surface area contributed by atoms with Crippen LogP contribution < -0.4 is 5.32 Å². The van der Waals surface area contributed by atoms with E-state index in [0.29, 0.717) is 17.9 Å². The molecule has 0 saturated carbocycles. The summed E-state index contributed by atoms with van der Waals surface area (Å²) in [6.45, 7) is 0.351. The van der Waals surface area contributed by atoms with E-state index >= 15 is 0 Å². The molecule has 25 heavy (non-hydrogen) atoms. The number of hydrogen-bond acceptors (Lipinski definition) is 4. The van der Waals surface area contributed by atoms with Crippen LogP contribution in [0.2, 0.25) is 0 Å². The molecule has 0 fully saturated rings. The molecule has 0 atom stereocenters. The first kappa shape index (κ1) is 15.2. The molecule has 1 aromatic carbocycles. The number of hydrogen-bond donors (Lipinski definition) is 1. The van der Waals surface area contributed by atoms with Gasteiger partial charge in [0.15, 0.2) is 0 Å². The third-order valence-corrected chi connectivity index (χ3v) is 3.98. The summed E-state index contributed by atoms with van der Waals surface area (Å²) in [5.74, 6) is 0.448. The fraction of sp³-hybridized carbons (Fsp3) is 0.0500. The van der Waals surface area contributed by atoms with Gasteiger partial charge in [0.2, 0.25) is 0 Å². The van der Waals surface area contributed by atoms with Gasteiger partial charge < -0.3 is 5.32 Å². The lowest BCUT2D eigenvalue weighted by atomic mass is 10.1. The molecule has 0 aliphatic carbocycles. The van der Waals surface area contributed by atoms with Crippen LogP contribution in [0.25, 0.3) is 22.2 Å². The smallest absolute Gasteiger partial charge is 0.136 e. The van der Waals surface area contributed by atoms with Crippen molar-refractivity contribution < 1.29 is 4.39 Å². The number of fused-ring (bicyclic) bond motifs is 1. The highest BCUT2D eigenvalue weighted by Crippen LogP contribution is 2.26. The molecule has 4 aromatic rings. The molecule has 122 valence electrons. The van der Waals surface area contributed by atoms with Gasteiger partial charge in [-0.3, -0.25) is 9.97 Å². The summed E-state index contributed by atoms with van der Waals surface area (Å²) in [4.78, 5) is 13.2. The van der Waals surface area contributed by atoms with Crippen LogP contribution in [-0.2, 0) is 6.54 Å². The van der Waals surface area contributed by atoms with Crippen LogP contribution in [0, 0.1) is 5.82 Å². The van der Waals surface area contributed by atoms with Gasteiger partial charge in [-0.2, -0.15) is 0 Å². The Morgan fingerprint density at radius 2 is 1.76 bits per heavy atom. The minimum atomic E-state index is -0.234. The lowest BCUT2D eigenvalue weighted by molar-refractivity contribution is 0.613. The Kier molecular flexibility index (Phi) is 4.04. The summed E-state index contributed by atoms with van der Waals surface area (Å²) >= 11 is 0. The lowest BCUT2D eigenvalue weighted by Gasteiger charge is -2.11. The van der Waals surface area contributed by atoms with E-state index in [1.54, 1.807) is 30.7 Å². The van der Waals surface area contributed by atoms with Gasteiger partial charge in [-0.25, -0.2) is 9.37 Å². The van der Waals surface area contributed by atoms with Gasteiger partial charge in [0.1, 0.15) is 11.6 Å². The van der Waals surface area contributed by atoms with Crippen molar-refractivity contribution in [2.45, 2.75) is 6.54 Å². The van der Waals surface area contributed by atoms with Crippen molar-refractivity contribution in [1.29, 1.82) is 0 Å². The molecule has 3 aromatic heterocycles. The highest BCUT2D eigenvalue weighted by molar-refractivity contribution is 5.91. The third-order valence-electron chi connectivity index (χ3n) is 3.98. The predicted octanol–water partition coefficient (Wildman–Crippen LogP) is 4.44. The van der Waals surface area contributed by atoms with Crippen molar-refractivity contribution in [3.63, 3.8) is 0 Å². The molecule has 5 heteroatoms. The van der Waals surface area contributed by atoms with Crippen molar-refractivity contribution in [2.75, 3.05) is 5.32 Å². The number of rotatable bonds is 4. The summed E-state index contributed by atoms with van der Waals surface area (Å²) in [6.07, 6.45) is 5.21. The van der Waals surface area contributed by atoms with Gasteiger partial charge in [0, 0.05) is 41.6 Å². The van der Waals surface area contributed by atoms with Gasteiger partial charge in [0.05, 0.1) is 11.2 Å². The Balaban J connectivity index is 1.75. The topological polar surface area (TPSA) is 50.7 Å². The zero-order chi connectivity index (χ0) is 17.1. The molecule has 0 unspecified atom stereocenters. The molecule has 0 aliphatic rings. The van der Waals surface area contributed by atoms with Gasteiger partial charge >= 0.3 is 0 Å². The molecule has 4 rings (SSSR count). The Morgan fingerprint density at radius 1 is 0.920 bits per heavy atom. The molecule has 0 spiro atoms. The SMILES string of the molecule is Fc1ccccc1CNc1nc(-c2ccncc2)cc2ncccc12. The maximum Gasteiger partial charge on any atom is 0.136 e. The van der Waals surface area contributed by atoms with Gasteiger partial charge in [-0.15, -0.1) is 0 Å². The van der Waals surface area contributed by atoms with Crippen LogP contribution in [0.4, 0.5) is 10.2 Å². The molecule has 0 bridgehead atoms. The van der Waals surface area contributed by atoms with Crippen molar-refractivity contribution in [3.8, 4) is 11.3 Å². The van der Waals surface area contributed by atoms with E-state index in [0.717, 1.165) is 22.2 Å². The van der Waals surface area contributed by atoms with Gasteiger partial charge in [-0.1, -0.05) is 18.2 Å². The number of nitrogens with zero attached hydrogens (tertiary/aromatic N) is 3. The largest absolute Gasteiger partial charge is 0.365 e. The number of pyridine rings is 3. The van der Waals surface area contributed by atoms with Crippen molar-refractivity contribution in [3.05, 3.63) is 84.6 Å². The standard InChI is InChI=1S/C20H15FN4/c21-17-6-2-1-4-15(17)13-24-20-16-5-3-9-23-19(16)12-18(25-20)14-7-10-22-11-8-14/h1-12H,13H2,(H,24,25). The monoisotopic (exact) mass is 330 g/mol. The summed E-state index contributed by atoms with van der Waals surface area (Å²) in [7, 11) is 0. The van der Waals surface area contributed by atoms with Crippen molar-refractivity contribution in [2.24, 2.45) is 0 Å². The molecular formula is C20H15FN4. The van der Waals surface area contributed by atoms with Crippen LogP contribution in [0.1, 0.15) is 5.56 Å². The summed E-state index contributed by atoms with van der Waals surface area (Å²) in [6, 6.07) is 16.3. The Hall–Kier alpha value is -3.34. The summed E-state index contributed by atoms with van der Waals surface area (Å²) in [5, 5.41) is 4.15. The Morgan fingerprint density at radius 3 is 2.60 bits per heavy atom. The van der Waals surface area contributed by atoms with Crippen molar-refractivity contribution >= 4 is 16.7 Å². The summed E-state index contributed by atoms with van der Waals surface area (Å²) < 4.78 is 13.9. The maximum atomic E-state index is 13.9. The van der Waals surface area contributed by atoms with Crippen LogP contribution in [0.15, 0.2) is 73.2 Å². The van der Waals surface area contributed by atoms with Gasteiger partial charge in [-0.05, 0) is 36.4 Å². The van der Waals surface area contributed by atoms with E-state index in [9.17, 15) is 4.39 Å². The van der Waals surface area contributed by atoms with Crippen LogP contribution in [0.5, 0.6) is 0 Å². The average Bonchev–Trinajstić information content (AvgIpc) is 2.67. The van der Waals surface area contributed by atoms with Crippen molar-refractivity contribution in [1.82, 2.24) is 15.0 Å². The predicted molar refractivity (Wildman–Crippen MR) is 96.5 cm³/mol. The minimum Gasteiger partial charge on any atom is -0.365 e. The molecular weight excluding hydrogens is 315 g/mol. The first-order chi connectivity index (χ1) is 12.3. The van der Waals surface area contributed by atoms with Crippen LogP contribution in [0.3, 0.4) is 0 Å². The average molecular weight is 330 g/mol. The maximum absolute atomic E-state index is 13.9. The molecule has 0 aliphatic heterocycles. The normalized spacial score (nSPS) is 10.8. The highest BCUT2D eigenvalue weighted by atomic mass is 19.1. The second-order valence-electron chi connectivity index (χ2n) is 5.61. The molecule has 4 nitrogen and oxygen atoms in total. The third kappa shape index (κ3) is 3.17. The first-order valence-corrected chi connectivity index (χ1v) is 7.95. The number of nitrogens with one attached hydrogen (secondary N) is 1. The fourth-order valence-corrected chi connectivity index (χ4v) is 2.70. The van der Waals surface area contributed by atoms with E-state index < -0.39 is 0 Å². The van der Waals surface area contributed by atoms with E-state index in [-0.39, 0.29) is 5.82 Å². The van der Waals surface area contributed by atoms with Crippen LogP contribution >= 0.6 is 0 Å². The number of anilines is 1. The minimum absolute atomic E-state index is 0.234. The van der Waals surface area contributed by atoms with E-state index in [1.807, 2.05) is 36.4 Å². The van der Waals surface area contributed by atoms with Gasteiger partial charge in [0.25, 0.3) is 0 Å². The zero-order valence-corrected chi connectivity index (χ0v) is 13.4. The molecule has 0 amide bonds. The molecule has 0 saturated heterocycles. The molecule has 3 heterocycles. The number of benzene rings is 1. The fourth-order valence-electron chi connectivity index (χ4n) is 2.70. The summed E-state index contributed by atoms with van der Waals surface area (Å²) in [5.41, 5.74) is 3.18. The van der Waals surface area contributed by atoms with E-state index in [2.05, 4.69) is 15.3 Å². The van der Waals surface area contributed by atoms with E-state index in [4.69, 9.17) is 4.98 Å². The quantitative estimate of drug-likeness (QED) is 0.601. The second-order valence-corrected chi connectivity index (χ2v) is 5.61. The lowest BCUT2D eigenvalue weighted by Crippen LogP contribution is -2.05. The number of aromatic nitrogens is 3. The second kappa shape index (κ2) is 6.65. The number of halogens is 1.